The quantitative estimate of drug-likeness (QED) is 0.639. The average molecular weight is 419 g/mol. The predicted octanol–water partition coefficient (Wildman–Crippen LogP) is 4.52. The Hall–Kier alpha value is -3.12. The summed E-state index contributed by atoms with van der Waals surface area (Å²) in [6.45, 7) is 8.59. The average Bonchev–Trinajstić information content (AvgIpc) is 3.38. The second-order valence-electron chi connectivity index (χ2n) is 8.91. The van der Waals surface area contributed by atoms with Crippen LogP contribution in [0.15, 0.2) is 61.2 Å². The zero-order valence-corrected chi connectivity index (χ0v) is 18.5. The van der Waals surface area contributed by atoms with Crippen molar-refractivity contribution in [2.45, 2.75) is 52.4 Å². The van der Waals surface area contributed by atoms with E-state index in [9.17, 15) is 4.79 Å². The number of benzene rings is 2. The lowest BCUT2D eigenvalue weighted by Crippen LogP contribution is -2.36. The van der Waals surface area contributed by atoms with Crippen LogP contribution in [0.4, 0.5) is 10.5 Å². The first-order chi connectivity index (χ1) is 14.9. The van der Waals surface area contributed by atoms with Crippen molar-refractivity contribution < 1.29 is 9.53 Å². The number of nitrogens with one attached hydrogen (secondary N) is 1. The van der Waals surface area contributed by atoms with Crippen molar-refractivity contribution in [3.05, 3.63) is 83.4 Å². The van der Waals surface area contributed by atoms with Crippen LogP contribution in [-0.2, 0) is 30.8 Å². The first-order valence-corrected chi connectivity index (χ1v) is 10.8. The summed E-state index contributed by atoms with van der Waals surface area (Å²) in [6, 6.07) is 14.7. The Balaban J connectivity index is 1.45. The molecule has 1 N–H and O–H groups in total. The topological polar surface area (TPSA) is 59.4 Å². The number of fused-ring (bicyclic) bond motifs is 1. The molecular weight excluding hydrogens is 388 g/mol. The van der Waals surface area contributed by atoms with Crippen LogP contribution in [0, 0.1) is 0 Å². The minimum Gasteiger partial charge on any atom is -0.443 e. The van der Waals surface area contributed by atoms with E-state index in [0.717, 1.165) is 30.8 Å². The van der Waals surface area contributed by atoms with E-state index < -0.39 is 5.60 Å². The van der Waals surface area contributed by atoms with Crippen molar-refractivity contribution in [1.29, 1.82) is 0 Å². The summed E-state index contributed by atoms with van der Waals surface area (Å²) in [4.78, 5) is 18.7. The molecule has 31 heavy (non-hydrogen) atoms. The highest BCUT2D eigenvalue weighted by Gasteiger charge is 2.30. The lowest BCUT2D eigenvalue weighted by molar-refractivity contribution is 0.0583. The van der Waals surface area contributed by atoms with Gasteiger partial charge in [-0.2, -0.15) is 0 Å². The van der Waals surface area contributed by atoms with E-state index in [2.05, 4.69) is 57.3 Å². The fraction of sp³-hybridized carbons (Fsp3) is 0.360. The monoisotopic (exact) mass is 418 g/mol. The van der Waals surface area contributed by atoms with Crippen molar-refractivity contribution in [2.75, 3.05) is 11.4 Å². The molecule has 0 spiro atoms. The molecule has 0 aliphatic carbocycles. The number of hydrogen-bond acceptors (Lipinski definition) is 4. The van der Waals surface area contributed by atoms with Crippen LogP contribution in [0.1, 0.15) is 43.0 Å². The van der Waals surface area contributed by atoms with Crippen LogP contribution in [-0.4, -0.2) is 27.8 Å². The second-order valence-corrected chi connectivity index (χ2v) is 8.91. The molecule has 6 heteroatoms. The molecule has 4 rings (SSSR count). The van der Waals surface area contributed by atoms with Gasteiger partial charge in [0.25, 0.3) is 0 Å². The van der Waals surface area contributed by atoms with Gasteiger partial charge in [0.15, 0.2) is 0 Å². The number of aromatic nitrogens is 2. The maximum atomic E-state index is 12.7. The number of carbonyl (C=O) groups is 1. The van der Waals surface area contributed by atoms with E-state index in [1.54, 1.807) is 11.1 Å². The van der Waals surface area contributed by atoms with Gasteiger partial charge in [0.05, 0.1) is 12.0 Å². The highest BCUT2D eigenvalue weighted by Crippen LogP contribution is 2.33. The zero-order chi connectivity index (χ0) is 21.8. The molecule has 1 aromatic heterocycles. The van der Waals surface area contributed by atoms with Gasteiger partial charge in [0.1, 0.15) is 5.60 Å². The summed E-state index contributed by atoms with van der Waals surface area (Å²) in [5, 5.41) is 3.57. The van der Waals surface area contributed by atoms with Crippen LogP contribution >= 0.6 is 0 Å². The van der Waals surface area contributed by atoms with Crippen LogP contribution in [0.5, 0.6) is 0 Å². The third kappa shape index (κ3) is 5.14. The molecule has 2 heterocycles. The number of anilines is 1. The van der Waals surface area contributed by atoms with Crippen molar-refractivity contribution in [3.8, 4) is 0 Å². The molecule has 0 atom stereocenters. The number of carbonyl (C=O) groups excluding carboxylic acids is 1. The Morgan fingerprint density at radius 2 is 1.81 bits per heavy atom. The molecule has 0 unspecified atom stereocenters. The van der Waals surface area contributed by atoms with E-state index in [4.69, 9.17) is 4.74 Å². The Kier molecular flexibility index (Phi) is 6.09. The fourth-order valence-electron chi connectivity index (χ4n) is 3.97. The Labute approximate surface area is 183 Å². The summed E-state index contributed by atoms with van der Waals surface area (Å²) in [6.07, 6.45) is 6.19. The van der Waals surface area contributed by atoms with E-state index in [1.165, 1.54) is 16.7 Å². The summed E-state index contributed by atoms with van der Waals surface area (Å²) in [5.41, 5.74) is 5.33. The lowest BCUT2D eigenvalue weighted by atomic mass is 10.1. The lowest BCUT2D eigenvalue weighted by Gasteiger charge is -2.26. The minimum atomic E-state index is -0.508. The summed E-state index contributed by atoms with van der Waals surface area (Å²) < 4.78 is 7.70. The molecule has 1 aliphatic rings. The molecule has 0 saturated heterocycles. The first kappa shape index (κ1) is 21.1. The fourth-order valence-corrected chi connectivity index (χ4v) is 3.97. The Bertz CT molecular complexity index is 1040. The standard InChI is InChI=1S/C25H30N4O2/c1-25(2,3)31-24(30)29-13-11-19-9-6-10-21(23(19)29)16-27-15-20-7-4-5-8-22(20)17-28-14-12-26-18-28/h4-10,12,14,18,27H,11,13,15-17H2,1-3H3. The molecule has 1 aliphatic heterocycles. The SMILES string of the molecule is CC(C)(C)OC(=O)N1CCc2cccc(CNCc3ccccc3Cn3ccnc3)c21. The molecule has 0 saturated carbocycles. The van der Waals surface area contributed by atoms with Gasteiger partial charge in [-0.1, -0.05) is 42.5 Å². The number of amides is 1. The summed E-state index contributed by atoms with van der Waals surface area (Å²) >= 11 is 0. The highest BCUT2D eigenvalue weighted by atomic mass is 16.6. The smallest absolute Gasteiger partial charge is 0.414 e. The molecule has 1 amide bonds. The van der Waals surface area contributed by atoms with Gasteiger partial charge in [-0.3, -0.25) is 4.90 Å². The number of nitrogens with zero attached hydrogens (tertiary/aromatic N) is 3. The summed E-state index contributed by atoms with van der Waals surface area (Å²) in [5.74, 6) is 0. The molecule has 3 aromatic rings. The van der Waals surface area contributed by atoms with E-state index in [1.807, 2.05) is 33.3 Å². The second kappa shape index (κ2) is 8.94. The Morgan fingerprint density at radius 3 is 2.55 bits per heavy atom. The largest absolute Gasteiger partial charge is 0.443 e. The number of imidazole rings is 1. The number of hydrogen-bond donors (Lipinski definition) is 1. The van der Waals surface area contributed by atoms with Crippen molar-refractivity contribution in [2.24, 2.45) is 0 Å². The number of rotatable bonds is 6. The van der Waals surface area contributed by atoms with Crippen LogP contribution in [0.3, 0.4) is 0 Å². The molecule has 6 nitrogen and oxygen atoms in total. The molecular formula is C25H30N4O2. The van der Waals surface area contributed by atoms with E-state index >= 15 is 0 Å². The predicted molar refractivity (Wildman–Crippen MR) is 122 cm³/mol. The maximum Gasteiger partial charge on any atom is 0.414 e. The number of ether oxygens (including phenoxy) is 1. The highest BCUT2D eigenvalue weighted by molar-refractivity contribution is 5.91. The number of para-hydroxylation sites is 1. The molecule has 0 radical (unpaired) electrons. The van der Waals surface area contributed by atoms with Gasteiger partial charge in [-0.05, 0) is 49.4 Å². The van der Waals surface area contributed by atoms with Gasteiger partial charge in [-0.15, -0.1) is 0 Å². The van der Waals surface area contributed by atoms with Crippen molar-refractivity contribution in [3.63, 3.8) is 0 Å². The van der Waals surface area contributed by atoms with Crippen LogP contribution in [0.2, 0.25) is 0 Å². The van der Waals surface area contributed by atoms with Crippen LogP contribution in [0.25, 0.3) is 0 Å². The summed E-state index contributed by atoms with van der Waals surface area (Å²) in [7, 11) is 0. The van der Waals surface area contributed by atoms with Crippen LogP contribution < -0.4 is 10.2 Å². The van der Waals surface area contributed by atoms with E-state index in [0.29, 0.717) is 13.1 Å². The third-order valence-electron chi connectivity index (χ3n) is 5.35. The zero-order valence-electron chi connectivity index (χ0n) is 18.5. The van der Waals surface area contributed by atoms with Gasteiger partial charge in [0.2, 0.25) is 0 Å². The minimum absolute atomic E-state index is 0.274. The normalized spacial score (nSPS) is 13.3. The van der Waals surface area contributed by atoms with Crippen molar-refractivity contribution in [1.82, 2.24) is 14.9 Å². The van der Waals surface area contributed by atoms with E-state index in [-0.39, 0.29) is 6.09 Å². The molecule has 162 valence electrons. The molecule has 0 fully saturated rings. The van der Waals surface area contributed by atoms with Gasteiger partial charge < -0.3 is 14.6 Å². The first-order valence-electron chi connectivity index (χ1n) is 10.8. The van der Waals surface area contributed by atoms with Gasteiger partial charge >= 0.3 is 6.09 Å². The maximum absolute atomic E-state index is 12.7. The Morgan fingerprint density at radius 1 is 1.06 bits per heavy atom. The van der Waals surface area contributed by atoms with Crippen molar-refractivity contribution >= 4 is 11.8 Å². The molecule has 0 bridgehead atoms. The third-order valence-corrected chi connectivity index (χ3v) is 5.35. The van der Waals surface area contributed by atoms with Gasteiger partial charge in [-0.25, -0.2) is 9.78 Å². The van der Waals surface area contributed by atoms with Gasteiger partial charge in [0, 0.05) is 38.6 Å². The molecule has 2 aromatic carbocycles.